The van der Waals surface area contributed by atoms with E-state index < -0.39 is 15.8 Å². The van der Waals surface area contributed by atoms with E-state index in [1.165, 1.54) is 7.05 Å². The predicted octanol–water partition coefficient (Wildman–Crippen LogP) is -1.27. The maximum absolute atomic E-state index is 11.0. The Hall–Kier alpha value is -0.640. The fourth-order valence-electron chi connectivity index (χ4n) is 0.513. The molecule has 0 aromatic carbocycles. The third kappa shape index (κ3) is 3.32. The van der Waals surface area contributed by atoms with Crippen molar-refractivity contribution in [3.8, 4) is 6.07 Å². The van der Waals surface area contributed by atoms with Gasteiger partial charge in [-0.05, 0) is 0 Å². The zero-order chi connectivity index (χ0) is 8.91. The van der Waals surface area contributed by atoms with Crippen LogP contribution < -0.4 is 5.73 Å². The molecular weight excluding hydrogens is 166 g/mol. The first-order valence-electron chi connectivity index (χ1n) is 3.05. The van der Waals surface area contributed by atoms with Gasteiger partial charge in [0.1, 0.15) is 0 Å². The summed E-state index contributed by atoms with van der Waals surface area (Å²) in [5, 5.41) is 8.13. The van der Waals surface area contributed by atoms with Crippen molar-refractivity contribution in [2.24, 2.45) is 5.73 Å². The highest BCUT2D eigenvalue weighted by Gasteiger charge is 2.15. The summed E-state index contributed by atoms with van der Waals surface area (Å²) in [5.41, 5.74) is 5.13. The Morgan fingerprint density at radius 2 is 2.18 bits per heavy atom. The molecule has 0 aliphatic heterocycles. The summed E-state index contributed by atoms with van der Waals surface area (Å²) in [5.74, 6) is -0.483. The minimum atomic E-state index is -3.38. The second-order valence-electron chi connectivity index (χ2n) is 2.02. The van der Waals surface area contributed by atoms with Crippen LogP contribution in [-0.4, -0.2) is 38.6 Å². The van der Waals surface area contributed by atoms with Crippen LogP contribution in [0.3, 0.4) is 0 Å². The molecule has 0 aliphatic rings. The van der Waals surface area contributed by atoms with Gasteiger partial charge in [-0.2, -0.15) is 5.26 Å². The average molecular weight is 177 g/mol. The maximum Gasteiger partial charge on any atom is 0.227 e. The van der Waals surface area contributed by atoms with Gasteiger partial charge in [0.05, 0.1) is 6.07 Å². The minimum absolute atomic E-state index is 0.254. The van der Waals surface area contributed by atoms with E-state index in [4.69, 9.17) is 11.0 Å². The predicted molar refractivity (Wildman–Crippen MR) is 41.1 cm³/mol. The van der Waals surface area contributed by atoms with E-state index in [0.29, 0.717) is 0 Å². The molecule has 0 unspecified atom stereocenters. The fourth-order valence-corrected chi connectivity index (χ4v) is 1.28. The molecule has 0 aromatic rings. The van der Waals surface area contributed by atoms with Gasteiger partial charge in [0.2, 0.25) is 10.0 Å². The molecular formula is C5H11N3O2S. The van der Waals surface area contributed by atoms with Crippen LogP contribution in [0.15, 0.2) is 0 Å². The number of nitriles is 1. The van der Waals surface area contributed by atoms with E-state index in [1.54, 1.807) is 6.07 Å². The summed E-state index contributed by atoms with van der Waals surface area (Å²) in [6.45, 7) is 0.519. The number of likely N-dealkylation sites (N-methyl/N-ethyl adjacent to an activating group) is 1. The third-order valence-corrected chi connectivity index (χ3v) is 2.79. The van der Waals surface area contributed by atoms with Crippen molar-refractivity contribution in [2.75, 3.05) is 25.9 Å². The summed E-state index contributed by atoms with van der Waals surface area (Å²) in [7, 11) is -1.98. The molecule has 0 aromatic heterocycles. The number of nitrogens with zero attached hydrogens (tertiary/aromatic N) is 2. The number of nitrogens with two attached hydrogens (primary N) is 1. The van der Waals surface area contributed by atoms with Crippen LogP contribution in [0.5, 0.6) is 0 Å². The number of hydrogen-bond donors (Lipinski definition) is 1. The van der Waals surface area contributed by atoms with E-state index in [1.807, 2.05) is 0 Å². The largest absolute Gasteiger partial charge is 0.329 e. The van der Waals surface area contributed by atoms with Gasteiger partial charge in [-0.1, -0.05) is 0 Å². The molecule has 0 heterocycles. The van der Waals surface area contributed by atoms with Gasteiger partial charge < -0.3 is 5.73 Å². The summed E-state index contributed by atoms with van der Waals surface area (Å²) >= 11 is 0. The molecule has 11 heavy (non-hydrogen) atoms. The van der Waals surface area contributed by atoms with Crippen molar-refractivity contribution >= 4 is 10.0 Å². The lowest BCUT2D eigenvalue weighted by atomic mass is 10.7. The molecule has 0 saturated carbocycles. The smallest absolute Gasteiger partial charge is 0.227 e. The Labute approximate surface area is 66.5 Å². The monoisotopic (exact) mass is 177 g/mol. The number of sulfonamides is 1. The molecule has 0 saturated heterocycles. The van der Waals surface area contributed by atoms with Gasteiger partial charge in [0, 0.05) is 20.1 Å². The first kappa shape index (κ1) is 10.4. The number of rotatable bonds is 4. The average Bonchev–Trinajstić information content (AvgIpc) is 1.88. The molecule has 2 N–H and O–H groups in total. The summed E-state index contributed by atoms with van der Waals surface area (Å²) in [6.07, 6.45) is 0. The Morgan fingerprint density at radius 3 is 2.55 bits per heavy atom. The van der Waals surface area contributed by atoms with Crippen molar-refractivity contribution in [3.05, 3.63) is 0 Å². The molecule has 5 nitrogen and oxygen atoms in total. The highest BCUT2D eigenvalue weighted by molar-refractivity contribution is 7.89. The topological polar surface area (TPSA) is 87.2 Å². The lowest BCUT2D eigenvalue weighted by Crippen LogP contribution is -2.33. The van der Waals surface area contributed by atoms with E-state index in [2.05, 4.69) is 0 Å². The minimum Gasteiger partial charge on any atom is -0.329 e. The van der Waals surface area contributed by atoms with Crippen molar-refractivity contribution in [3.63, 3.8) is 0 Å². The summed E-state index contributed by atoms with van der Waals surface area (Å²) < 4.78 is 23.0. The second kappa shape index (κ2) is 4.28. The molecule has 0 rings (SSSR count). The molecule has 0 spiro atoms. The van der Waals surface area contributed by atoms with Crippen molar-refractivity contribution in [1.29, 1.82) is 5.26 Å². The van der Waals surface area contributed by atoms with Crippen LogP contribution in [0.1, 0.15) is 0 Å². The maximum atomic E-state index is 11.0. The van der Waals surface area contributed by atoms with Crippen LogP contribution in [-0.2, 0) is 10.0 Å². The lowest BCUT2D eigenvalue weighted by molar-refractivity contribution is 0.479. The standard InChI is InChI=1S/C5H11N3O2S/c1-8(4-2-6)11(9,10)5-3-7/h2,4-6H2,1H3. The van der Waals surface area contributed by atoms with Gasteiger partial charge in [0.15, 0.2) is 5.75 Å². The fraction of sp³-hybridized carbons (Fsp3) is 0.800. The van der Waals surface area contributed by atoms with Gasteiger partial charge in [-0.3, -0.25) is 0 Å². The molecule has 0 fully saturated rings. The Bertz CT molecular complexity index is 241. The summed E-state index contributed by atoms with van der Waals surface area (Å²) in [6, 6.07) is 1.58. The lowest BCUT2D eigenvalue weighted by Gasteiger charge is -2.12. The van der Waals surface area contributed by atoms with Crippen LogP contribution >= 0.6 is 0 Å². The van der Waals surface area contributed by atoms with Crippen molar-refractivity contribution in [2.45, 2.75) is 0 Å². The molecule has 0 atom stereocenters. The molecule has 64 valence electrons. The first-order valence-corrected chi connectivity index (χ1v) is 4.66. The Kier molecular flexibility index (Phi) is 4.03. The van der Waals surface area contributed by atoms with Crippen LogP contribution in [0.2, 0.25) is 0 Å². The Balaban J connectivity index is 4.21. The molecule has 0 radical (unpaired) electrons. The first-order chi connectivity index (χ1) is 5.04. The SMILES string of the molecule is CN(CCN)S(=O)(=O)CC#N. The van der Waals surface area contributed by atoms with Gasteiger partial charge >= 0.3 is 0 Å². The third-order valence-electron chi connectivity index (χ3n) is 1.17. The molecule has 0 aliphatic carbocycles. The zero-order valence-electron chi connectivity index (χ0n) is 6.32. The van der Waals surface area contributed by atoms with Crippen molar-refractivity contribution < 1.29 is 8.42 Å². The second-order valence-corrected chi connectivity index (χ2v) is 4.10. The quantitative estimate of drug-likeness (QED) is 0.580. The van der Waals surface area contributed by atoms with E-state index in [0.717, 1.165) is 4.31 Å². The van der Waals surface area contributed by atoms with Gasteiger partial charge in [-0.15, -0.1) is 0 Å². The molecule has 6 heteroatoms. The zero-order valence-corrected chi connectivity index (χ0v) is 7.13. The normalized spacial score (nSPS) is 11.5. The van der Waals surface area contributed by atoms with E-state index in [-0.39, 0.29) is 13.1 Å². The highest BCUT2D eigenvalue weighted by atomic mass is 32.2. The molecule has 0 amide bonds. The van der Waals surface area contributed by atoms with Gasteiger partial charge in [-0.25, -0.2) is 12.7 Å². The van der Waals surface area contributed by atoms with Crippen LogP contribution in [0, 0.1) is 11.3 Å². The van der Waals surface area contributed by atoms with Gasteiger partial charge in [0.25, 0.3) is 0 Å². The van der Waals surface area contributed by atoms with E-state index in [9.17, 15) is 8.42 Å². The Morgan fingerprint density at radius 1 is 1.64 bits per heavy atom. The van der Waals surface area contributed by atoms with Crippen molar-refractivity contribution in [1.82, 2.24) is 4.31 Å². The summed E-state index contributed by atoms with van der Waals surface area (Å²) in [4.78, 5) is 0. The highest BCUT2D eigenvalue weighted by Crippen LogP contribution is 1.94. The van der Waals surface area contributed by atoms with Crippen LogP contribution in [0.25, 0.3) is 0 Å². The number of hydrogen-bond acceptors (Lipinski definition) is 4. The molecule has 0 bridgehead atoms. The van der Waals surface area contributed by atoms with Crippen LogP contribution in [0.4, 0.5) is 0 Å². The van der Waals surface area contributed by atoms with E-state index >= 15 is 0 Å².